The van der Waals surface area contributed by atoms with E-state index >= 15 is 0 Å². The highest BCUT2D eigenvalue weighted by Gasteiger charge is 2.44. The average Bonchev–Trinajstić information content (AvgIpc) is 3.24. The minimum atomic E-state index is -1.54. The molecular weight excluding hydrogens is 745 g/mol. The van der Waals surface area contributed by atoms with E-state index in [0.717, 1.165) is 64.2 Å². The van der Waals surface area contributed by atoms with Gasteiger partial charge in [0.05, 0.1) is 19.8 Å². The molecule has 0 aromatic carbocycles. The lowest BCUT2D eigenvalue weighted by Crippen LogP contribution is -2.59. The van der Waals surface area contributed by atoms with Gasteiger partial charge >= 0.3 is 5.97 Å². The van der Waals surface area contributed by atoms with Crippen LogP contribution in [0.4, 0.5) is 0 Å². The van der Waals surface area contributed by atoms with Crippen molar-refractivity contribution in [1.29, 1.82) is 0 Å². The van der Waals surface area contributed by atoms with Crippen LogP contribution in [0.25, 0.3) is 0 Å². The van der Waals surface area contributed by atoms with Crippen molar-refractivity contribution in [3.8, 4) is 0 Å². The lowest BCUT2D eigenvalue weighted by atomic mass is 9.99. The highest BCUT2D eigenvalue weighted by molar-refractivity contribution is 5.69. The first-order valence-corrected chi connectivity index (χ1v) is 24.2. The molecule has 0 radical (unpaired) electrons. The molecule has 6 unspecified atom stereocenters. The van der Waals surface area contributed by atoms with Gasteiger partial charge in [-0.25, -0.2) is 0 Å². The summed E-state index contributed by atoms with van der Waals surface area (Å²) in [6.07, 6.45) is 44.2. The third kappa shape index (κ3) is 32.5. The number of hydrogen-bond donors (Lipinski definition) is 4. The van der Waals surface area contributed by atoms with Gasteiger partial charge in [0.1, 0.15) is 30.5 Å². The molecule has 1 aliphatic heterocycles. The second kappa shape index (κ2) is 41.5. The summed E-state index contributed by atoms with van der Waals surface area (Å²) in [6.45, 7) is 4.45. The Labute approximate surface area is 361 Å². The summed E-state index contributed by atoms with van der Waals surface area (Å²) in [5, 5.41) is 40.2. The molecule has 6 atom stereocenters. The number of carbonyl (C=O) groups is 1. The monoisotopic (exact) mass is 835 g/mol. The lowest BCUT2D eigenvalue weighted by molar-refractivity contribution is -0.305. The van der Waals surface area contributed by atoms with Gasteiger partial charge in [-0.15, -0.1) is 0 Å². The molecule has 9 heteroatoms. The van der Waals surface area contributed by atoms with Crippen LogP contribution in [0.1, 0.15) is 200 Å². The largest absolute Gasteiger partial charge is 0.457 e. The number of unbranched alkanes of at least 4 members (excludes halogenated alkanes) is 22. The minimum absolute atomic E-state index is 0.114. The molecule has 344 valence electrons. The maximum Gasteiger partial charge on any atom is 0.306 e. The number of aliphatic hydroxyl groups is 4. The zero-order valence-electron chi connectivity index (χ0n) is 37.7. The summed E-state index contributed by atoms with van der Waals surface area (Å²) in [5.41, 5.74) is 0. The Balaban J connectivity index is 2.21. The Kier molecular flexibility index (Phi) is 38.8. The predicted octanol–water partition coefficient (Wildman–Crippen LogP) is 11.3. The normalized spacial score (nSPS) is 20.5. The molecule has 0 aromatic heterocycles. The molecule has 0 amide bonds. The van der Waals surface area contributed by atoms with Crippen LogP contribution in [-0.2, 0) is 23.7 Å². The first-order chi connectivity index (χ1) is 28.9. The van der Waals surface area contributed by atoms with Crippen LogP contribution in [0.3, 0.4) is 0 Å². The predicted molar refractivity (Wildman–Crippen MR) is 242 cm³/mol. The van der Waals surface area contributed by atoms with Gasteiger partial charge in [0.2, 0.25) is 0 Å². The molecule has 1 rings (SSSR count). The fourth-order valence-corrected chi connectivity index (χ4v) is 7.25. The van der Waals surface area contributed by atoms with E-state index in [1.54, 1.807) is 0 Å². The smallest absolute Gasteiger partial charge is 0.306 e. The molecule has 9 nitrogen and oxygen atoms in total. The zero-order valence-corrected chi connectivity index (χ0v) is 37.7. The number of esters is 1. The molecule has 0 aliphatic carbocycles. The fraction of sp³-hybridized carbons (Fsp3) is 0.820. The summed E-state index contributed by atoms with van der Waals surface area (Å²) >= 11 is 0. The average molecular weight is 835 g/mol. The van der Waals surface area contributed by atoms with E-state index in [4.69, 9.17) is 18.9 Å². The van der Waals surface area contributed by atoms with Crippen LogP contribution >= 0.6 is 0 Å². The summed E-state index contributed by atoms with van der Waals surface area (Å²) in [6, 6.07) is 0. The molecule has 0 bridgehead atoms. The molecule has 1 heterocycles. The van der Waals surface area contributed by atoms with Crippen molar-refractivity contribution < 1.29 is 44.2 Å². The fourth-order valence-electron chi connectivity index (χ4n) is 7.25. The molecule has 1 fully saturated rings. The van der Waals surface area contributed by atoms with Crippen molar-refractivity contribution in [1.82, 2.24) is 0 Å². The van der Waals surface area contributed by atoms with E-state index < -0.39 is 43.4 Å². The Bertz CT molecular complexity index is 1040. The summed E-state index contributed by atoms with van der Waals surface area (Å²) in [5.74, 6) is -0.315. The third-order valence-electron chi connectivity index (χ3n) is 11.0. The zero-order chi connectivity index (χ0) is 42.9. The molecular formula is C50H90O9. The minimum Gasteiger partial charge on any atom is -0.457 e. The Morgan fingerprint density at radius 2 is 1.03 bits per heavy atom. The topological polar surface area (TPSA) is 135 Å². The number of allylic oxidation sites excluding steroid dienone is 8. The van der Waals surface area contributed by atoms with Gasteiger partial charge in [0.25, 0.3) is 0 Å². The van der Waals surface area contributed by atoms with Gasteiger partial charge in [-0.2, -0.15) is 0 Å². The maximum atomic E-state index is 12.8. The van der Waals surface area contributed by atoms with Gasteiger partial charge in [0.15, 0.2) is 6.29 Å². The van der Waals surface area contributed by atoms with Gasteiger partial charge in [-0.1, -0.05) is 191 Å². The van der Waals surface area contributed by atoms with Crippen molar-refractivity contribution in [3.05, 3.63) is 48.6 Å². The van der Waals surface area contributed by atoms with Crippen LogP contribution in [-0.4, -0.2) is 89.6 Å². The Morgan fingerprint density at radius 1 is 0.559 bits per heavy atom. The number of hydrogen-bond acceptors (Lipinski definition) is 9. The van der Waals surface area contributed by atoms with Crippen LogP contribution in [0.15, 0.2) is 48.6 Å². The van der Waals surface area contributed by atoms with Gasteiger partial charge in [-0.3, -0.25) is 4.79 Å². The van der Waals surface area contributed by atoms with Gasteiger partial charge in [0, 0.05) is 13.0 Å². The van der Waals surface area contributed by atoms with E-state index in [0.29, 0.717) is 13.0 Å². The third-order valence-corrected chi connectivity index (χ3v) is 11.0. The lowest BCUT2D eigenvalue weighted by Gasteiger charge is -2.39. The molecule has 59 heavy (non-hydrogen) atoms. The molecule has 1 saturated heterocycles. The second-order valence-corrected chi connectivity index (χ2v) is 16.5. The van der Waals surface area contributed by atoms with E-state index in [1.807, 2.05) is 0 Å². The van der Waals surface area contributed by atoms with Gasteiger partial charge < -0.3 is 39.4 Å². The van der Waals surface area contributed by atoms with Crippen LogP contribution in [0, 0.1) is 0 Å². The quantitative estimate of drug-likeness (QED) is 0.0270. The highest BCUT2D eigenvalue weighted by atomic mass is 16.7. The van der Waals surface area contributed by atoms with Crippen molar-refractivity contribution >= 4 is 5.97 Å². The number of ether oxygens (including phenoxy) is 4. The second-order valence-electron chi connectivity index (χ2n) is 16.5. The van der Waals surface area contributed by atoms with Crippen molar-refractivity contribution in [2.24, 2.45) is 0 Å². The molecule has 4 N–H and O–H groups in total. The molecule has 0 saturated carbocycles. The van der Waals surface area contributed by atoms with Gasteiger partial charge in [-0.05, 0) is 51.4 Å². The molecule has 0 spiro atoms. The highest BCUT2D eigenvalue weighted by Crippen LogP contribution is 2.23. The Morgan fingerprint density at radius 3 is 1.56 bits per heavy atom. The van der Waals surface area contributed by atoms with E-state index in [9.17, 15) is 25.2 Å². The van der Waals surface area contributed by atoms with E-state index in [-0.39, 0.29) is 19.2 Å². The summed E-state index contributed by atoms with van der Waals surface area (Å²) in [7, 11) is 0. The summed E-state index contributed by atoms with van der Waals surface area (Å²) in [4.78, 5) is 12.8. The van der Waals surface area contributed by atoms with E-state index in [1.165, 1.54) is 116 Å². The van der Waals surface area contributed by atoms with Crippen LogP contribution < -0.4 is 0 Å². The standard InChI is InChI=1S/C50H90O9/c1-3-5-7-9-11-13-15-17-19-20-21-22-23-24-25-26-28-30-32-34-36-38-40-56-42-44(43-57-50-49(55)48(54)47(53)45(41-51)59-50)58-46(52)39-37-35-33-31-29-27-18-16-14-12-10-8-6-4-2/h5,7,11,13,17,19,21-22,44-45,47-51,53-55H,3-4,6,8-10,12,14-16,18,20,23-43H2,1-2H3/b7-5-,13-11-,19-17-,22-21-. The SMILES string of the molecule is CC/C=C\C/C=C\C/C=C\C/C=C\CCCCCCCCCCCOCC(COC1OC(CO)C(O)C(O)C1O)OC(=O)CCCCCCCCCCCCCCCC. The van der Waals surface area contributed by atoms with Crippen LogP contribution in [0.2, 0.25) is 0 Å². The first kappa shape index (κ1) is 55.2. The van der Waals surface area contributed by atoms with Crippen LogP contribution in [0.5, 0.6) is 0 Å². The number of carbonyl (C=O) groups excluding carboxylic acids is 1. The molecule has 0 aromatic rings. The number of rotatable bonds is 41. The molecule has 1 aliphatic rings. The Hall–Kier alpha value is -1.85. The number of aliphatic hydroxyl groups excluding tert-OH is 4. The van der Waals surface area contributed by atoms with E-state index in [2.05, 4.69) is 62.5 Å². The summed E-state index contributed by atoms with van der Waals surface area (Å²) < 4.78 is 22.9. The first-order valence-electron chi connectivity index (χ1n) is 24.2. The van der Waals surface area contributed by atoms with Crippen molar-refractivity contribution in [2.45, 2.75) is 237 Å². The van der Waals surface area contributed by atoms with Crippen molar-refractivity contribution in [2.75, 3.05) is 26.4 Å². The van der Waals surface area contributed by atoms with Crippen molar-refractivity contribution in [3.63, 3.8) is 0 Å². The maximum absolute atomic E-state index is 12.8.